The van der Waals surface area contributed by atoms with E-state index in [-0.39, 0.29) is 23.5 Å². The standard InChI is InChI=1S/C22H21FN4O2S2/c1-3-27-21(17-10-11-29-14(17)2)25-26-22(27)31-13-19(28)24-20(18-5-4-12-30-18)15-6-8-16(23)9-7-15/h4-12,20H,3,13H2,1-2H3,(H,24,28)/t20-/m0/s1. The third-order valence-corrected chi connectivity index (χ3v) is 6.71. The largest absolute Gasteiger partial charge is 0.469 e. The van der Waals surface area contributed by atoms with Crippen molar-refractivity contribution in [3.8, 4) is 11.4 Å². The lowest BCUT2D eigenvalue weighted by Crippen LogP contribution is -2.30. The van der Waals surface area contributed by atoms with E-state index < -0.39 is 0 Å². The van der Waals surface area contributed by atoms with Crippen molar-refractivity contribution in [2.45, 2.75) is 31.6 Å². The SMILES string of the molecule is CCn1c(SCC(=O)N[C@@H](c2ccc(F)cc2)c2cccs2)nnc1-c1ccoc1C. The fraction of sp³-hybridized carbons (Fsp3) is 0.227. The molecule has 3 heterocycles. The lowest BCUT2D eigenvalue weighted by Gasteiger charge is -2.18. The van der Waals surface area contributed by atoms with Gasteiger partial charge in [0.2, 0.25) is 5.91 Å². The van der Waals surface area contributed by atoms with E-state index in [4.69, 9.17) is 4.42 Å². The molecular weight excluding hydrogens is 435 g/mol. The summed E-state index contributed by atoms with van der Waals surface area (Å²) in [4.78, 5) is 13.8. The van der Waals surface area contributed by atoms with Gasteiger partial charge >= 0.3 is 0 Å². The van der Waals surface area contributed by atoms with Crippen LogP contribution in [0.2, 0.25) is 0 Å². The zero-order valence-corrected chi connectivity index (χ0v) is 18.7. The van der Waals surface area contributed by atoms with Crippen molar-refractivity contribution in [2.75, 3.05) is 5.75 Å². The molecule has 0 saturated heterocycles. The fourth-order valence-electron chi connectivity index (χ4n) is 3.26. The number of hydrogen-bond acceptors (Lipinski definition) is 6. The quantitative estimate of drug-likeness (QED) is 0.375. The Morgan fingerprint density at radius 3 is 2.71 bits per heavy atom. The summed E-state index contributed by atoms with van der Waals surface area (Å²) < 4.78 is 20.7. The molecular formula is C22H21FN4O2S2. The van der Waals surface area contributed by atoms with Gasteiger partial charge in [-0.15, -0.1) is 21.5 Å². The molecule has 0 radical (unpaired) electrons. The topological polar surface area (TPSA) is 73.0 Å². The van der Waals surface area contributed by atoms with Gasteiger partial charge in [0.15, 0.2) is 11.0 Å². The number of halogens is 1. The second-order valence-corrected chi connectivity index (χ2v) is 8.72. The lowest BCUT2D eigenvalue weighted by molar-refractivity contribution is -0.119. The maximum Gasteiger partial charge on any atom is 0.231 e. The normalized spacial score (nSPS) is 12.1. The van der Waals surface area contributed by atoms with Gasteiger partial charge in [-0.25, -0.2) is 4.39 Å². The minimum atomic E-state index is -0.332. The average Bonchev–Trinajstić information content (AvgIpc) is 3.52. The lowest BCUT2D eigenvalue weighted by atomic mass is 10.1. The summed E-state index contributed by atoms with van der Waals surface area (Å²) in [6, 6.07) is 11.6. The Kier molecular flexibility index (Phi) is 6.53. The van der Waals surface area contributed by atoms with Gasteiger partial charge in [-0.2, -0.15) is 0 Å². The molecule has 0 spiro atoms. The molecule has 0 aliphatic heterocycles. The van der Waals surface area contributed by atoms with E-state index in [0.717, 1.165) is 27.6 Å². The number of aryl methyl sites for hydroxylation is 1. The average molecular weight is 457 g/mol. The Hall–Kier alpha value is -2.91. The zero-order valence-electron chi connectivity index (χ0n) is 17.0. The highest BCUT2D eigenvalue weighted by Crippen LogP contribution is 2.28. The van der Waals surface area contributed by atoms with Gasteiger partial charge in [-0.05, 0) is 49.1 Å². The smallest absolute Gasteiger partial charge is 0.231 e. The van der Waals surface area contributed by atoms with Crippen molar-refractivity contribution in [3.05, 3.63) is 76.1 Å². The number of hydrogen-bond donors (Lipinski definition) is 1. The molecule has 0 bridgehead atoms. The second-order valence-electron chi connectivity index (χ2n) is 6.80. The summed E-state index contributed by atoms with van der Waals surface area (Å²) in [6.45, 7) is 4.56. The summed E-state index contributed by atoms with van der Waals surface area (Å²) in [7, 11) is 0. The maximum atomic E-state index is 13.4. The molecule has 9 heteroatoms. The summed E-state index contributed by atoms with van der Waals surface area (Å²) in [6.07, 6.45) is 1.62. The van der Waals surface area contributed by atoms with Gasteiger partial charge < -0.3 is 14.3 Å². The molecule has 1 amide bonds. The van der Waals surface area contributed by atoms with E-state index in [2.05, 4.69) is 15.5 Å². The third-order valence-electron chi connectivity index (χ3n) is 4.80. The van der Waals surface area contributed by atoms with Crippen LogP contribution in [-0.2, 0) is 11.3 Å². The number of thioether (sulfide) groups is 1. The van der Waals surface area contributed by atoms with Crippen LogP contribution in [0.4, 0.5) is 4.39 Å². The molecule has 3 aromatic heterocycles. The van der Waals surface area contributed by atoms with Crippen molar-refractivity contribution >= 4 is 29.0 Å². The molecule has 1 atom stereocenters. The van der Waals surface area contributed by atoms with E-state index in [1.165, 1.54) is 23.9 Å². The molecule has 0 aliphatic rings. The number of amides is 1. The van der Waals surface area contributed by atoms with E-state index in [9.17, 15) is 9.18 Å². The van der Waals surface area contributed by atoms with Crippen LogP contribution in [0.3, 0.4) is 0 Å². The summed E-state index contributed by atoms with van der Waals surface area (Å²) in [5.41, 5.74) is 1.72. The molecule has 4 aromatic rings. The molecule has 0 fully saturated rings. The first-order valence-electron chi connectivity index (χ1n) is 9.75. The van der Waals surface area contributed by atoms with Crippen LogP contribution in [0.5, 0.6) is 0 Å². The number of carbonyl (C=O) groups is 1. The molecule has 31 heavy (non-hydrogen) atoms. The first-order chi connectivity index (χ1) is 15.1. The molecule has 160 valence electrons. The Morgan fingerprint density at radius 1 is 1.26 bits per heavy atom. The Bertz CT molecular complexity index is 1150. The number of carbonyl (C=O) groups excluding carboxylic acids is 1. The molecule has 4 rings (SSSR count). The molecule has 0 unspecified atom stereocenters. The first kappa shape index (κ1) is 21.3. The first-order valence-corrected chi connectivity index (χ1v) is 11.6. The zero-order chi connectivity index (χ0) is 21.8. The second kappa shape index (κ2) is 9.49. The van der Waals surface area contributed by atoms with Gasteiger partial charge in [0.05, 0.1) is 23.6 Å². The highest BCUT2D eigenvalue weighted by atomic mass is 32.2. The van der Waals surface area contributed by atoms with Gasteiger partial charge in [-0.1, -0.05) is 30.0 Å². The van der Waals surface area contributed by atoms with Gasteiger partial charge in [0.25, 0.3) is 0 Å². The fourth-order valence-corrected chi connectivity index (χ4v) is 4.87. The number of thiophene rings is 1. The predicted octanol–water partition coefficient (Wildman–Crippen LogP) is 5.06. The minimum absolute atomic E-state index is 0.139. The Balaban J connectivity index is 1.47. The third kappa shape index (κ3) is 4.72. The van der Waals surface area contributed by atoms with E-state index >= 15 is 0 Å². The molecule has 6 nitrogen and oxygen atoms in total. The molecule has 1 aromatic carbocycles. The number of benzene rings is 1. The van der Waals surface area contributed by atoms with Crippen LogP contribution in [0.25, 0.3) is 11.4 Å². The number of nitrogens with one attached hydrogen (secondary N) is 1. The predicted molar refractivity (Wildman–Crippen MR) is 120 cm³/mol. The molecule has 0 saturated carbocycles. The summed E-state index contributed by atoms with van der Waals surface area (Å²) in [5, 5.41) is 14.2. The summed E-state index contributed by atoms with van der Waals surface area (Å²) in [5.74, 6) is 1.23. The molecule has 0 aliphatic carbocycles. The van der Waals surface area contributed by atoms with Gasteiger partial charge in [0, 0.05) is 11.4 Å². The minimum Gasteiger partial charge on any atom is -0.469 e. The van der Waals surface area contributed by atoms with E-state index in [0.29, 0.717) is 11.7 Å². The van der Waals surface area contributed by atoms with Crippen LogP contribution in [0.1, 0.15) is 29.2 Å². The Morgan fingerprint density at radius 2 is 2.06 bits per heavy atom. The number of nitrogens with zero attached hydrogens (tertiary/aromatic N) is 3. The van der Waals surface area contributed by atoms with Crippen LogP contribution in [-0.4, -0.2) is 26.4 Å². The number of rotatable bonds is 8. The van der Waals surface area contributed by atoms with E-state index in [1.807, 2.05) is 42.0 Å². The number of furan rings is 1. The van der Waals surface area contributed by atoms with Gasteiger partial charge in [-0.3, -0.25) is 4.79 Å². The van der Waals surface area contributed by atoms with Crippen molar-refractivity contribution in [1.82, 2.24) is 20.1 Å². The highest BCUT2D eigenvalue weighted by molar-refractivity contribution is 7.99. The van der Waals surface area contributed by atoms with Crippen LogP contribution in [0, 0.1) is 12.7 Å². The van der Waals surface area contributed by atoms with Crippen molar-refractivity contribution in [2.24, 2.45) is 0 Å². The van der Waals surface area contributed by atoms with Crippen LogP contribution >= 0.6 is 23.1 Å². The maximum absolute atomic E-state index is 13.4. The number of aromatic nitrogens is 3. The summed E-state index contributed by atoms with van der Waals surface area (Å²) >= 11 is 2.88. The highest BCUT2D eigenvalue weighted by Gasteiger charge is 2.20. The van der Waals surface area contributed by atoms with Crippen molar-refractivity contribution in [3.63, 3.8) is 0 Å². The van der Waals surface area contributed by atoms with Crippen molar-refractivity contribution in [1.29, 1.82) is 0 Å². The van der Waals surface area contributed by atoms with Crippen LogP contribution in [0.15, 0.2) is 63.7 Å². The monoisotopic (exact) mass is 456 g/mol. The van der Waals surface area contributed by atoms with Gasteiger partial charge in [0.1, 0.15) is 11.6 Å². The van der Waals surface area contributed by atoms with Crippen molar-refractivity contribution < 1.29 is 13.6 Å². The van der Waals surface area contributed by atoms with E-state index in [1.54, 1.807) is 29.7 Å². The molecule has 1 N–H and O–H groups in total. The van der Waals surface area contributed by atoms with Crippen LogP contribution < -0.4 is 5.32 Å². The Labute approximate surface area is 187 Å².